The lowest BCUT2D eigenvalue weighted by atomic mass is 10.2. The number of rotatable bonds is 1. The van der Waals surface area contributed by atoms with Gasteiger partial charge >= 0.3 is 6.18 Å². The fraction of sp³-hybridized carbons (Fsp3) is 0.0909. The van der Waals surface area contributed by atoms with Gasteiger partial charge in [0, 0.05) is 4.47 Å². The highest BCUT2D eigenvalue weighted by Gasteiger charge is 2.39. The summed E-state index contributed by atoms with van der Waals surface area (Å²) in [5, 5.41) is 11.8. The van der Waals surface area contributed by atoms with Crippen LogP contribution >= 0.6 is 27.5 Å². The summed E-state index contributed by atoms with van der Waals surface area (Å²) in [6, 6.07) is 7.91. The molecule has 2 rings (SSSR count). The van der Waals surface area contributed by atoms with Crippen LogP contribution < -0.4 is 0 Å². The van der Waals surface area contributed by atoms with E-state index >= 15 is 0 Å². The number of aromatic nitrogens is 2. The third kappa shape index (κ3) is 2.46. The summed E-state index contributed by atoms with van der Waals surface area (Å²) in [6.45, 7) is 0. The minimum atomic E-state index is -4.73. The molecule has 0 N–H and O–H groups in total. The van der Waals surface area contributed by atoms with Gasteiger partial charge in [0.1, 0.15) is 11.6 Å². The number of alkyl halides is 3. The van der Waals surface area contributed by atoms with Crippen LogP contribution in [-0.4, -0.2) is 9.78 Å². The van der Waals surface area contributed by atoms with Crippen molar-refractivity contribution < 1.29 is 13.2 Å². The molecule has 0 atom stereocenters. The lowest BCUT2D eigenvalue weighted by Gasteiger charge is -2.05. The van der Waals surface area contributed by atoms with Crippen LogP contribution in [0.25, 0.3) is 5.69 Å². The number of nitrogens with zero attached hydrogens (tertiary/aromatic N) is 3. The molecule has 0 aliphatic carbocycles. The first kappa shape index (κ1) is 13.9. The molecule has 98 valence electrons. The first-order valence-electron chi connectivity index (χ1n) is 4.87. The number of para-hydroxylation sites is 1. The molecule has 0 spiro atoms. The van der Waals surface area contributed by atoms with Crippen molar-refractivity contribution in [3.8, 4) is 11.8 Å². The first-order valence-corrected chi connectivity index (χ1v) is 6.04. The molecule has 0 aliphatic rings. The Kier molecular flexibility index (Phi) is 3.56. The summed E-state index contributed by atoms with van der Waals surface area (Å²) < 4.78 is 39.6. The van der Waals surface area contributed by atoms with Crippen LogP contribution in [0.15, 0.2) is 28.7 Å². The Labute approximate surface area is 119 Å². The molecule has 0 unspecified atom stereocenters. The zero-order valence-corrected chi connectivity index (χ0v) is 11.4. The number of benzene rings is 1. The van der Waals surface area contributed by atoms with E-state index in [9.17, 15) is 13.2 Å². The maximum atomic E-state index is 12.7. The van der Waals surface area contributed by atoms with E-state index < -0.39 is 17.4 Å². The summed E-state index contributed by atoms with van der Waals surface area (Å²) in [4.78, 5) is 0. The summed E-state index contributed by atoms with van der Waals surface area (Å²) in [6.07, 6.45) is -4.73. The molecule has 0 amide bonds. The van der Waals surface area contributed by atoms with Crippen LogP contribution in [0.5, 0.6) is 0 Å². The minimum Gasteiger partial charge on any atom is -0.219 e. The molecule has 0 radical (unpaired) electrons. The van der Waals surface area contributed by atoms with E-state index in [1.54, 1.807) is 18.2 Å². The third-order valence-corrected chi connectivity index (χ3v) is 3.31. The van der Waals surface area contributed by atoms with Gasteiger partial charge in [0.25, 0.3) is 0 Å². The van der Waals surface area contributed by atoms with Gasteiger partial charge in [0.15, 0.2) is 10.8 Å². The number of hydrogen-bond donors (Lipinski definition) is 0. The van der Waals surface area contributed by atoms with Crippen LogP contribution in [-0.2, 0) is 6.18 Å². The summed E-state index contributed by atoms with van der Waals surface area (Å²) >= 11 is 8.99. The maximum Gasteiger partial charge on any atom is 0.436 e. The maximum absolute atomic E-state index is 12.7. The highest BCUT2D eigenvalue weighted by atomic mass is 79.9. The number of halogens is 5. The van der Waals surface area contributed by atoms with Gasteiger partial charge in [-0.15, -0.1) is 0 Å². The highest BCUT2D eigenvalue weighted by Crippen LogP contribution is 2.36. The molecular formula is C11H4BrClF3N3. The summed E-state index contributed by atoms with van der Waals surface area (Å²) in [7, 11) is 0. The monoisotopic (exact) mass is 349 g/mol. The fourth-order valence-corrected chi connectivity index (χ4v) is 2.19. The van der Waals surface area contributed by atoms with Crippen molar-refractivity contribution in [2.75, 3.05) is 0 Å². The van der Waals surface area contributed by atoms with Crippen molar-refractivity contribution in [2.24, 2.45) is 0 Å². The summed E-state index contributed by atoms with van der Waals surface area (Å²) in [5.74, 6) is 0. The zero-order chi connectivity index (χ0) is 14.2. The smallest absolute Gasteiger partial charge is 0.219 e. The molecule has 0 bridgehead atoms. The van der Waals surface area contributed by atoms with Crippen LogP contribution in [0.2, 0.25) is 5.15 Å². The van der Waals surface area contributed by atoms with Crippen LogP contribution in [0.1, 0.15) is 11.3 Å². The summed E-state index contributed by atoms with van der Waals surface area (Å²) in [5.41, 5.74) is -1.67. The largest absolute Gasteiger partial charge is 0.436 e. The van der Waals surface area contributed by atoms with E-state index in [-0.39, 0.29) is 5.15 Å². The average Bonchev–Trinajstić information content (AvgIpc) is 2.67. The van der Waals surface area contributed by atoms with Crippen LogP contribution in [0.3, 0.4) is 0 Å². The molecule has 0 fully saturated rings. The van der Waals surface area contributed by atoms with Crippen molar-refractivity contribution in [1.29, 1.82) is 5.26 Å². The molecular weight excluding hydrogens is 346 g/mol. The minimum absolute atomic E-state index is 0.319. The Morgan fingerprint density at radius 3 is 2.42 bits per heavy atom. The normalized spacial score (nSPS) is 11.4. The lowest BCUT2D eigenvalue weighted by Crippen LogP contribution is -2.09. The van der Waals surface area contributed by atoms with Crippen LogP contribution in [0, 0.1) is 11.3 Å². The van der Waals surface area contributed by atoms with Gasteiger partial charge in [-0.05, 0) is 28.1 Å². The molecule has 1 aromatic carbocycles. The van der Waals surface area contributed by atoms with Gasteiger partial charge in [0.05, 0.1) is 5.69 Å². The van der Waals surface area contributed by atoms with Gasteiger partial charge < -0.3 is 0 Å². The third-order valence-electron chi connectivity index (χ3n) is 2.29. The topological polar surface area (TPSA) is 41.6 Å². The second-order valence-electron chi connectivity index (χ2n) is 3.49. The Hall–Kier alpha value is -1.52. The molecule has 1 heterocycles. The lowest BCUT2D eigenvalue weighted by molar-refractivity contribution is -0.141. The predicted molar refractivity (Wildman–Crippen MR) is 66.0 cm³/mol. The average molecular weight is 351 g/mol. The van der Waals surface area contributed by atoms with Crippen molar-refractivity contribution >= 4 is 27.5 Å². The number of hydrogen-bond acceptors (Lipinski definition) is 2. The zero-order valence-electron chi connectivity index (χ0n) is 9.04. The molecule has 19 heavy (non-hydrogen) atoms. The molecule has 1 aromatic heterocycles. The van der Waals surface area contributed by atoms with Gasteiger partial charge in [-0.2, -0.15) is 23.5 Å². The fourth-order valence-electron chi connectivity index (χ4n) is 1.48. The van der Waals surface area contributed by atoms with Gasteiger partial charge in [-0.25, -0.2) is 4.68 Å². The molecule has 3 nitrogen and oxygen atoms in total. The predicted octanol–water partition coefficient (Wildman–Crippen LogP) is 4.18. The van der Waals surface area contributed by atoms with E-state index in [4.69, 9.17) is 16.9 Å². The SMILES string of the molecule is N#Cc1c(C(F)(F)F)nn(-c2ccccc2Br)c1Cl. The van der Waals surface area contributed by atoms with Crippen LogP contribution in [0.4, 0.5) is 13.2 Å². The second kappa shape index (κ2) is 4.87. The van der Waals surface area contributed by atoms with Gasteiger partial charge in [-0.1, -0.05) is 23.7 Å². The molecule has 0 saturated heterocycles. The van der Waals surface area contributed by atoms with Crippen molar-refractivity contribution in [3.05, 3.63) is 45.1 Å². The van der Waals surface area contributed by atoms with E-state index in [2.05, 4.69) is 21.0 Å². The standard InChI is InChI=1S/C11H4BrClF3N3/c12-7-3-1-2-4-8(7)19-10(13)6(5-17)9(18-19)11(14,15)16/h1-4H. The molecule has 2 aromatic rings. The Balaban J connectivity index is 2.72. The van der Waals surface area contributed by atoms with E-state index in [0.29, 0.717) is 10.2 Å². The van der Waals surface area contributed by atoms with E-state index in [0.717, 1.165) is 4.68 Å². The molecule has 8 heteroatoms. The Morgan fingerprint density at radius 2 is 1.95 bits per heavy atom. The second-order valence-corrected chi connectivity index (χ2v) is 4.70. The van der Waals surface area contributed by atoms with E-state index in [1.807, 2.05) is 0 Å². The van der Waals surface area contributed by atoms with Gasteiger partial charge in [0.2, 0.25) is 0 Å². The first-order chi connectivity index (χ1) is 8.86. The Morgan fingerprint density at radius 1 is 1.32 bits per heavy atom. The van der Waals surface area contributed by atoms with E-state index in [1.165, 1.54) is 12.1 Å². The van der Waals surface area contributed by atoms with Crippen molar-refractivity contribution in [3.63, 3.8) is 0 Å². The van der Waals surface area contributed by atoms with Crippen molar-refractivity contribution in [1.82, 2.24) is 9.78 Å². The van der Waals surface area contributed by atoms with Gasteiger partial charge in [-0.3, -0.25) is 0 Å². The van der Waals surface area contributed by atoms with Crippen molar-refractivity contribution in [2.45, 2.75) is 6.18 Å². The molecule has 0 aliphatic heterocycles. The number of nitriles is 1. The highest BCUT2D eigenvalue weighted by molar-refractivity contribution is 9.10. The Bertz CT molecular complexity index is 673. The molecule has 0 saturated carbocycles. The quantitative estimate of drug-likeness (QED) is 0.774.